The number of nitrogens with zero attached hydrogens (tertiary/aromatic N) is 4. The Morgan fingerprint density at radius 2 is 1.26 bits per heavy atom. The van der Waals surface area contributed by atoms with Crippen LogP contribution >= 0.6 is 0 Å². The first-order chi connectivity index (χ1) is 29.1. The molecular weight excluding hydrogens is 928 g/mol. The topological polar surface area (TPSA) is 33.5 Å². The number of benzene rings is 7. The largest absolute Gasteiger partial charge is 0.509 e. The second-order valence-corrected chi connectivity index (χ2v) is 17.4. The fourth-order valence-electron chi connectivity index (χ4n) is 9.23. The van der Waals surface area contributed by atoms with Crippen LogP contribution < -0.4 is 14.5 Å². The molecule has 0 unspecified atom stereocenters. The van der Waals surface area contributed by atoms with E-state index in [1.807, 2.05) is 18.3 Å². The summed E-state index contributed by atoms with van der Waals surface area (Å²) in [6.45, 7) is 13.6. The molecule has 9 aromatic rings. The minimum Gasteiger partial charge on any atom is -0.509 e. The molecule has 2 aliphatic heterocycles. The van der Waals surface area contributed by atoms with E-state index in [1.54, 1.807) is 0 Å². The van der Waals surface area contributed by atoms with Crippen LogP contribution in [0.25, 0.3) is 49.9 Å². The summed E-state index contributed by atoms with van der Waals surface area (Å²) in [4.78, 5) is 9.56. The third kappa shape index (κ3) is 6.29. The molecule has 302 valence electrons. The maximum absolute atomic E-state index is 6.75. The first-order valence-electron chi connectivity index (χ1n) is 20.6. The van der Waals surface area contributed by atoms with E-state index in [9.17, 15) is 0 Å². The molecule has 0 aliphatic carbocycles. The summed E-state index contributed by atoms with van der Waals surface area (Å²) in [7, 11) is 0. The molecule has 0 atom stereocenters. The molecule has 11 rings (SSSR count). The third-order valence-corrected chi connectivity index (χ3v) is 12.3. The number of anilines is 4. The molecule has 5 nitrogen and oxygen atoms in total. The average Bonchev–Trinajstić information content (AvgIpc) is 3.82. The zero-order valence-electron chi connectivity index (χ0n) is 34.7. The Labute approximate surface area is 372 Å². The van der Waals surface area contributed by atoms with Crippen LogP contribution in [-0.4, -0.2) is 9.55 Å². The Bertz CT molecular complexity index is 3070. The number of ether oxygens (including phenoxy) is 1. The Morgan fingerprint density at radius 3 is 1.98 bits per heavy atom. The third-order valence-electron chi connectivity index (χ3n) is 12.3. The van der Waals surface area contributed by atoms with Crippen molar-refractivity contribution >= 4 is 44.6 Å². The molecule has 0 spiro atoms. The van der Waals surface area contributed by atoms with Gasteiger partial charge in [0.25, 0.3) is 0 Å². The van der Waals surface area contributed by atoms with Gasteiger partial charge in [0, 0.05) is 72.5 Å². The van der Waals surface area contributed by atoms with Gasteiger partial charge in [0.15, 0.2) is 0 Å². The average molecular weight is 971 g/mol. The summed E-state index contributed by atoms with van der Waals surface area (Å²) in [6.07, 6.45) is 1.91. The zero-order valence-corrected chi connectivity index (χ0v) is 37.0. The van der Waals surface area contributed by atoms with Crippen molar-refractivity contribution in [2.75, 3.05) is 9.80 Å². The Balaban J connectivity index is 0.00000445. The van der Waals surface area contributed by atoms with Gasteiger partial charge in [0.1, 0.15) is 5.82 Å². The second-order valence-electron chi connectivity index (χ2n) is 17.4. The summed E-state index contributed by atoms with van der Waals surface area (Å²) in [5.74, 6) is 2.10. The van der Waals surface area contributed by atoms with Crippen molar-refractivity contribution in [3.63, 3.8) is 0 Å². The van der Waals surface area contributed by atoms with Crippen molar-refractivity contribution in [3.05, 3.63) is 199 Å². The van der Waals surface area contributed by atoms with Gasteiger partial charge in [-0.05, 0) is 62.7 Å². The molecule has 0 N–H and O–H groups in total. The summed E-state index contributed by atoms with van der Waals surface area (Å²) in [5, 5.41) is 2.24. The van der Waals surface area contributed by atoms with Crippen molar-refractivity contribution in [2.45, 2.75) is 45.4 Å². The fraction of sp³-hybridized carbons (Fsp3) is 0.127. The van der Waals surface area contributed by atoms with Gasteiger partial charge in [-0.25, -0.2) is 4.98 Å². The zero-order chi connectivity index (χ0) is 40.8. The Morgan fingerprint density at radius 1 is 0.607 bits per heavy atom. The van der Waals surface area contributed by atoms with Crippen molar-refractivity contribution in [3.8, 4) is 39.6 Å². The van der Waals surface area contributed by atoms with Crippen LogP contribution in [0.1, 0.15) is 51.3 Å². The molecule has 0 saturated carbocycles. The molecule has 4 heterocycles. The van der Waals surface area contributed by atoms with Crippen molar-refractivity contribution in [1.29, 1.82) is 0 Å². The van der Waals surface area contributed by atoms with Gasteiger partial charge < -0.3 is 19.1 Å². The van der Waals surface area contributed by atoms with E-state index < -0.39 is 0 Å². The molecule has 61 heavy (non-hydrogen) atoms. The number of hydrogen-bond acceptors (Lipinski definition) is 4. The summed E-state index contributed by atoms with van der Waals surface area (Å²) >= 11 is 0. The predicted octanol–water partition coefficient (Wildman–Crippen LogP) is 14.2. The van der Waals surface area contributed by atoms with Crippen LogP contribution in [0.5, 0.6) is 11.5 Å². The molecule has 0 radical (unpaired) electrons. The van der Waals surface area contributed by atoms with Gasteiger partial charge in [-0.15, -0.1) is 41.9 Å². The number of aromatic nitrogens is 2. The SMILES string of the molecule is CC(C)(C)c1ccnc(-n2c3[c-]c(Oc4[c-]c5c(cc4)C(C)(C)c4cccc6c4N5[CH-]N6c4c(-c5ccccc5)cccc4-c4ccccc4)ccc3c3ccccc32)c1.[Pt]. The normalized spacial score (nSPS) is 13.9. The van der Waals surface area contributed by atoms with Gasteiger partial charge in [0.05, 0.1) is 0 Å². The van der Waals surface area contributed by atoms with E-state index in [-0.39, 0.29) is 31.9 Å². The summed E-state index contributed by atoms with van der Waals surface area (Å²) in [5.41, 5.74) is 14.4. The van der Waals surface area contributed by atoms with Crippen molar-refractivity contribution in [1.82, 2.24) is 9.55 Å². The van der Waals surface area contributed by atoms with E-state index in [2.05, 4.69) is 213 Å². The fourth-order valence-corrected chi connectivity index (χ4v) is 9.23. The van der Waals surface area contributed by atoms with Crippen LogP contribution in [-0.2, 0) is 31.9 Å². The number of fused-ring (bicyclic) bond motifs is 5. The molecule has 0 saturated heterocycles. The van der Waals surface area contributed by atoms with Crippen LogP contribution in [0.2, 0.25) is 0 Å². The minimum atomic E-state index is -0.294. The first-order valence-corrected chi connectivity index (χ1v) is 20.6. The Hall–Kier alpha value is -6.42. The monoisotopic (exact) mass is 970 g/mol. The van der Waals surface area contributed by atoms with Crippen molar-refractivity contribution in [2.24, 2.45) is 0 Å². The maximum atomic E-state index is 6.75. The number of rotatable bonds is 6. The number of para-hydroxylation sites is 3. The van der Waals surface area contributed by atoms with E-state index >= 15 is 0 Å². The summed E-state index contributed by atoms with van der Waals surface area (Å²) in [6, 6.07) is 63.3. The van der Waals surface area contributed by atoms with E-state index in [0.717, 1.165) is 72.6 Å². The van der Waals surface area contributed by atoms with Gasteiger partial charge in [-0.3, -0.25) is 0 Å². The summed E-state index contributed by atoms with van der Waals surface area (Å²) < 4.78 is 8.95. The second kappa shape index (κ2) is 14.6. The molecule has 7 aromatic carbocycles. The Kier molecular flexibility index (Phi) is 9.30. The minimum absolute atomic E-state index is 0. The molecule has 0 amide bonds. The predicted molar refractivity (Wildman–Crippen MR) is 246 cm³/mol. The molecule has 0 fully saturated rings. The number of hydrogen-bond donors (Lipinski definition) is 0. The molecule has 0 bridgehead atoms. The van der Waals surface area contributed by atoms with Gasteiger partial charge in [-0.1, -0.05) is 155 Å². The van der Waals surface area contributed by atoms with Crippen LogP contribution in [0.3, 0.4) is 0 Å². The standard InChI is InChI=1S/C55H43N4O.Pt/c1-54(2,3)38-30-31-56-51(32-38)59-47-24-13-12-20-43(47)44-28-26-39(33-49(44)59)60-40-27-29-45-50(34-40)58-35-57(48-25-15-23-46(53(48)58)55(45,4)5)52-41(36-16-8-6-9-17-36)21-14-22-42(52)37-18-10-7-11-19-37;/h6-32,35H,1-5H3;/q-3;. The van der Waals surface area contributed by atoms with E-state index in [4.69, 9.17) is 9.72 Å². The van der Waals surface area contributed by atoms with Crippen LogP contribution in [0.15, 0.2) is 164 Å². The van der Waals surface area contributed by atoms with Crippen LogP contribution in [0, 0.1) is 18.8 Å². The first kappa shape index (κ1) is 38.8. The maximum Gasteiger partial charge on any atom is 0.135 e. The number of pyridine rings is 1. The van der Waals surface area contributed by atoms with Crippen LogP contribution in [0.4, 0.5) is 22.7 Å². The smallest absolute Gasteiger partial charge is 0.135 e. The van der Waals surface area contributed by atoms with Gasteiger partial charge >= 0.3 is 0 Å². The van der Waals surface area contributed by atoms with Gasteiger partial charge in [-0.2, -0.15) is 12.1 Å². The quantitative estimate of drug-likeness (QED) is 0.156. The van der Waals surface area contributed by atoms with Gasteiger partial charge in [0.2, 0.25) is 0 Å². The van der Waals surface area contributed by atoms with E-state index in [1.165, 1.54) is 16.7 Å². The molecule has 6 heteroatoms. The molecular formula is C55H43N4OPt-3. The van der Waals surface area contributed by atoms with Crippen molar-refractivity contribution < 1.29 is 25.8 Å². The molecule has 2 aromatic heterocycles. The van der Waals surface area contributed by atoms with E-state index in [0.29, 0.717) is 11.5 Å². The molecule has 2 aliphatic rings.